The fourth-order valence-corrected chi connectivity index (χ4v) is 4.46. The average Bonchev–Trinajstić information content (AvgIpc) is 3.16. The molecule has 182 valence electrons. The van der Waals surface area contributed by atoms with Gasteiger partial charge in [0, 0.05) is 23.8 Å². The molecular formula is C24H28FN3O5S. The van der Waals surface area contributed by atoms with Crippen molar-refractivity contribution in [1.82, 2.24) is 10.5 Å². The fourth-order valence-electron chi connectivity index (χ4n) is 3.34. The lowest BCUT2D eigenvalue weighted by Gasteiger charge is -2.26. The van der Waals surface area contributed by atoms with Gasteiger partial charge in [0.05, 0.1) is 13.0 Å². The van der Waals surface area contributed by atoms with E-state index in [1.807, 2.05) is 18.8 Å². The number of methoxy groups -OCH3 is 1. The maximum atomic E-state index is 14.6. The first-order chi connectivity index (χ1) is 16.1. The number of aromatic amines is 1. The number of benzene rings is 2. The Morgan fingerprint density at radius 3 is 2.38 bits per heavy atom. The minimum absolute atomic E-state index is 0.138. The first kappa shape index (κ1) is 25.3. The Balaban J connectivity index is 1.83. The quantitative estimate of drug-likeness (QED) is 0.427. The summed E-state index contributed by atoms with van der Waals surface area (Å²) in [6, 6.07) is 11.7. The molecule has 0 fully saturated rings. The molecule has 8 nitrogen and oxygen atoms in total. The summed E-state index contributed by atoms with van der Waals surface area (Å²) in [5.41, 5.74) is 1.24. The Morgan fingerprint density at radius 2 is 1.82 bits per heavy atom. The van der Waals surface area contributed by atoms with Crippen molar-refractivity contribution in [1.29, 1.82) is 0 Å². The van der Waals surface area contributed by atoms with Gasteiger partial charge in [-0.05, 0) is 48.1 Å². The number of aromatic nitrogens is 1. The van der Waals surface area contributed by atoms with Gasteiger partial charge < -0.3 is 19.9 Å². The van der Waals surface area contributed by atoms with Crippen LogP contribution in [0.3, 0.4) is 0 Å². The van der Waals surface area contributed by atoms with Gasteiger partial charge in [-0.2, -0.15) is 5.16 Å². The van der Waals surface area contributed by atoms with Crippen LogP contribution < -0.4 is 16.2 Å². The Bertz CT molecular complexity index is 1210. The molecule has 2 amide bonds. The van der Waals surface area contributed by atoms with Gasteiger partial charge in [0.2, 0.25) is 5.91 Å². The summed E-state index contributed by atoms with van der Waals surface area (Å²) in [6.45, 7) is 0.400. The maximum Gasteiger partial charge on any atom is 0.280 e. The molecule has 0 aliphatic carbocycles. The van der Waals surface area contributed by atoms with Gasteiger partial charge in [-0.1, -0.05) is 24.3 Å². The summed E-state index contributed by atoms with van der Waals surface area (Å²) >= 11 is 0. The molecule has 3 aromatic rings. The van der Waals surface area contributed by atoms with E-state index in [2.05, 4.69) is 15.8 Å². The van der Waals surface area contributed by atoms with E-state index in [0.717, 1.165) is 11.6 Å². The molecule has 1 atom stereocenters. The van der Waals surface area contributed by atoms with Crippen LogP contribution in [0.4, 0.5) is 10.1 Å². The molecule has 0 aliphatic rings. The molecule has 0 saturated carbocycles. The molecule has 0 unspecified atom stereocenters. The topological polar surface area (TPSA) is 113 Å². The molecule has 0 radical (unpaired) electrons. The number of carbonyl (C=O) groups is 2. The summed E-state index contributed by atoms with van der Waals surface area (Å²) < 4.78 is 24.7. The average molecular weight is 490 g/mol. The number of hydrogen-bond acceptors (Lipinski definition) is 5. The Kier molecular flexibility index (Phi) is 7.95. The van der Waals surface area contributed by atoms with Crippen LogP contribution in [0.15, 0.2) is 62.7 Å². The third-order valence-corrected chi connectivity index (χ3v) is 6.61. The molecule has 1 heterocycles. The number of rotatable bonds is 9. The van der Waals surface area contributed by atoms with E-state index in [9.17, 15) is 18.8 Å². The molecule has 3 N–H and O–H groups in total. The summed E-state index contributed by atoms with van der Waals surface area (Å²) in [7, 11) is 0.299. The summed E-state index contributed by atoms with van der Waals surface area (Å²) in [5.74, 6) is -1.33. The van der Waals surface area contributed by atoms with Crippen molar-refractivity contribution in [3.05, 3.63) is 81.6 Å². The molecular weight excluding hydrogens is 461 g/mol. The van der Waals surface area contributed by atoms with E-state index in [0.29, 0.717) is 17.1 Å². The molecule has 1 aromatic heterocycles. The molecule has 0 aliphatic heterocycles. The second-order valence-electron chi connectivity index (χ2n) is 8.50. The predicted molar refractivity (Wildman–Crippen MR) is 130 cm³/mol. The molecule has 0 bridgehead atoms. The molecule has 2 aromatic carbocycles. The highest BCUT2D eigenvalue weighted by Gasteiger charge is 2.24. The molecule has 0 saturated heterocycles. The van der Waals surface area contributed by atoms with Crippen LogP contribution in [0, 0.1) is 5.82 Å². The van der Waals surface area contributed by atoms with Gasteiger partial charge in [-0.25, -0.2) is 14.4 Å². The first-order valence-corrected chi connectivity index (χ1v) is 13.3. The molecule has 3 rings (SSSR count). The number of halogens is 1. The van der Waals surface area contributed by atoms with E-state index >= 15 is 0 Å². The van der Waals surface area contributed by atoms with Crippen LogP contribution in [0.2, 0.25) is 0 Å². The highest BCUT2D eigenvalue weighted by molar-refractivity contribution is 8.32. The van der Waals surface area contributed by atoms with E-state index in [4.69, 9.17) is 9.26 Å². The lowest BCUT2D eigenvalue weighted by Crippen LogP contribution is -2.37. The standard InChI is InChI=1S/C24H28FN3O5S/c1-32-14-15-5-7-16(8-6-15)23(27-21(29)12-18-13-22(30)28-33-18)24(31)26-17-9-10-20(19(25)11-17)34(2,3)4/h5-11,13,23H,12,14H2,1-4H3,(H,26,31)(H,27,29)(H,28,30)/t23-/m1/s1. The van der Waals surface area contributed by atoms with E-state index < -0.39 is 39.3 Å². The van der Waals surface area contributed by atoms with Gasteiger partial charge in [-0.3, -0.25) is 14.4 Å². The van der Waals surface area contributed by atoms with Gasteiger partial charge in [0.25, 0.3) is 11.5 Å². The maximum absolute atomic E-state index is 14.6. The number of nitrogens with one attached hydrogen (secondary N) is 3. The summed E-state index contributed by atoms with van der Waals surface area (Å²) in [5, 5.41) is 7.47. The van der Waals surface area contributed by atoms with Crippen LogP contribution in [0.5, 0.6) is 0 Å². The highest BCUT2D eigenvalue weighted by atomic mass is 32.3. The Hall–Kier alpha value is -3.37. The van der Waals surface area contributed by atoms with Crippen LogP contribution in [0.25, 0.3) is 0 Å². The Morgan fingerprint density at radius 1 is 1.12 bits per heavy atom. The van der Waals surface area contributed by atoms with Crippen LogP contribution in [0.1, 0.15) is 22.9 Å². The first-order valence-electron chi connectivity index (χ1n) is 10.4. The van der Waals surface area contributed by atoms with Crippen LogP contribution in [-0.2, 0) is 27.4 Å². The van der Waals surface area contributed by atoms with Crippen LogP contribution >= 0.6 is 10.0 Å². The number of hydrogen-bond donors (Lipinski definition) is 3. The normalized spacial score (nSPS) is 12.7. The van der Waals surface area contributed by atoms with Gasteiger partial charge in [0.15, 0.2) is 0 Å². The zero-order valence-corrected chi connectivity index (χ0v) is 20.3. The number of ether oxygens (including phenoxy) is 1. The number of H-pyrrole nitrogens is 1. The predicted octanol–water partition coefficient (Wildman–Crippen LogP) is 3.35. The number of anilines is 1. The van der Waals surface area contributed by atoms with Gasteiger partial charge in [-0.15, -0.1) is 0 Å². The summed E-state index contributed by atoms with van der Waals surface area (Å²) in [6.07, 6.45) is 5.71. The van der Waals surface area contributed by atoms with Crippen molar-refractivity contribution in [2.45, 2.75) is 24.0 Å². The second kappa shape index (κ2) is 10.7. The van der Waals surface area contributed by atoms with E-state index in [1.165, 1.54) is 6.07 Å². The Labute approximate surface area is 198 Å². The lowest BCUT2D eigenvalue weighted by atomic mass is 10.0. The fraction of sp³-hybridized carbons (Fsp3) is 0.292. The highest BCUT2D eigenvalue weighted by Crippen LogP contribution is 2.46. The van der Waals surface area contributed by atoms with Gasteiger partial charge >= 0.3 is 0 Å². The third-order valence-electron chi connectivity index (χ3n) is 4.96. The largest absolute Gasteiger partial charge is 0.383 e. The zero-order valence-electron chi connectivity index (χ0n) is 19.4. The second-order valence-corrected chi connectivity index (χ2v) is 12.6. The SMILES string of the molecule is COCc1ccc([C@@H](NC(=O)Cc2cc(=O)[nH]o2)C(=O)Nc2ccc(S(C)(C)C)c(F)c2)cc1. The van der Waals surface area contributed by atoms with Crippen molar-refractivity contribution in [2.24, 2.45) is 0 Å². The van der Waals surface area contributed by atoms with Crippen molar-refractivity contribution in [2.75, 3.05) is 31.2 Å². The van der Waals surface area contributed by atoms with Crippen molar-refractivity contribution < 1.29 is 23.2 Å². The molecule has 10 heteroatoms. The van der Waals surface area contributed by atoms with Crippen molar-refractivity contribution in [3.8, 4) is 0 Å². The minimum Gasteiger partial charge on any atom is -0.383 e. The van der Waals surface area contributed by atoms with Crippen molar-refractivity contribution in [3.63, 3.8) is 0 Å². The lowest BCUT2D eigenvalue weighted by molar-refractivity contribution is -0.126. The molecule has 0 spiro atoms. The van der Waals surface area contributed by atoms with E-state index in [1.54, 1.807) is 43.5 Å². The third kappa shape index (κ3) is 6.58. The smallest absolute Gasteiger partial charge is 0.280 e. The molecule has 34 heavy (non-hydrogen) atoms. The number of amides is 2. The van der Waals surface area contributed by atoms with E-state index in [-0.39, 0.29) is 17.9 Å². The van der Waals surface area contributed by atoms with Gasteiger partial charge in [0.1, 0.15) is 17.6 Å². The zero-order chi connectivity index (χ0) is 24.9. The van der Waals surface area contributed by atoms with Crippen LogP contribution in [-0.4, -0.2) is 42.8 Å². The minimum atomic E-state index is -1.28. The van der Waals surface area contributed by atoms with Crippen molar-refractivity contribution >= 4 is 27.5 Å². The number of carbonyl (C=O) groups excluding carboxylic acids is 2. The summed E-state index contributed by atoms with van der Waals surface area (Å²) in [4.78, 5) is 37.6. The monoisotopic (exact) mass is 489 g/mol.